The van der Waals surface area contributed by atoms with Crippen molar-refractivity contribution in [1.82, 2.24) is 4.90 Å². The minimum Gasteiger partial charge on any atom is -0.465 e. The molecule has 1 unspecified atom stereocenters. The Morgan fingerprint density at radius 3 is 2.80 bits per heavy atom. The smallest absolute Gasteiger partial charge is 0.323 e. The van der Waals surface area contributed by atoms with Crippen molar-refractivity contribution in [2.24, 2.45) is 5.73 Å². The molecule has 1 aromatic heterocycles. The first-order valence-electron chi connectivity index (χ1n) is 6.99. The molecule has 0 saturated carbocycles. The Morgan fingerprint density at radius 2 is 2.10 bits per heavy atom. The number of carbonyl (C=O) groups excluding carboxylic acids is 1. The molecule has 1 atom stereocenters. The standard InChI is InChI=1S/C14H22N2O4/c1-2-19-14(17)13(15)9-11-3-4-12(20-11)10-16-5-7-18-8-6-16/h3-4,13H,2,5-10,15H2,1H3. The number of ether oxygens (including phenoxy) is 2. The maximum Gasteiger partial charge on any atom is 0.323 e. The van der Waals surface area contributed by atoms with E-state index in [-0.39, 0.29) is 0 Å². The van der Waals surface area contributed by atoms with Gasteiger partial charge in [0.15, 0.2) is 0 Å². The largest absolute Gasteiger partial charge is 0.465 e. The molecule has 0 spiro atoms. The van der Waals surface area contributed by atoms with Gasteiger partial charge in [0.1, 0.15) is 17.6 Å². The van der Waals surface area contributed by atoms with Crippen molar-refractivity contribution in [2.75, 3.05) is 32.9 Å². The van der Waals surface area contributed by atoms with E-state index in [0.717, 1.165) is 38.6 Å². The van der Waals surface area contributed by atoms with Gasteiger partial charge >= 0.3 is 5.97 Å². The molecular weight excluding hydrogens is 260 g/mol. The third kappa shape index (κ3) is 4.33. The van der Waals surface area contributed by atoms with Crippen LogP contribution < -0.4 is 5.73 Å². The van der Waals surface area contributed by atoms with Gasteiger partial charge in [0, 0.05) is 19.5 Å². The van der Waals surface area contributed by atoms with Crippen LogP contribution in [0.4, 0.5) is 0 Å². The summed E-state index contributed by atoms with van der Waals surface area (Å²) in [6.45, 7) is 6.22. The average Bonchev–Trinajstić information content (AvgIpc) is 2.87. The second-order valence-electron chi connectivity index (χ2n) is 4.82. The maximum atomic E-state index is 11.5. The minimum atomic E-state index is -0.669. The topological polar surface area (TPSA) is 77.9 Å². The summed E-state index contributed by atoms with van der Waals surface area (Å²) in [5.74, 6) is 1.21. The van der Waals surface area contributed by atoms with E-state index in [4.69, 9.17) is 19.6 Å². The van der Waals surface area contributed by atoms with Gasteiger partial charge in [0.2, 0.25) is 0 Å². The predicted octanol–water partition coefficient (Wildman–Crippen LogP) is 0.545. The highest BCUT2D eigenvalue weighted by molar-refractivity contribution is 5.75. The summed E-state index contributed by atoms with van der Waals surface area (Å²) in [7, 11) is 0. The summed E-state index contributed by atoms with van der Waals surface area (Å²) in [5.41, 5.74) is 5.77. The van der Waals surface area contributed by atoms with Crippen molar-refractivity contribution in [3.63, 3.8) is 0 Å². The zero-order valence-electron chi connectivity index (χ0n) is 11.8. The maximum absolute atomic E-state index is 11.5. The number of nitrogens with two attached hydrogens (primary N) is 1. The highest BCUT2D eigenvalue weighted by Crippen LogP contribution is 2.13. The number of nitrogens with zero attached hydrogens (tertiary/aromatic N) is 1. The highest BCUT2D eigenvalue weighted by atomic mass is 16.5. The summed E-state index contributed by atoms with van der Waals surface area (Å²) in [6.07, 6.45) is 0.363. The van der Waals surface area contributed by atoms with E-state index in [2.05, 4.69) is 4.90 Å². The van der Waals surface area contributed by atoms with Gasteiger partial charge in [-0.15, -0.1) is 0 Å². The van der Waals surface area contributed by atoms with E-state index in [1.807, 2.05) is 12.1 Å². The Kier molecular flexibility index (Phi) is 5.58. The molecule has 2 N–H and O–H groups in total. The number of hydrogen-bond acceptors (Lipinski definition) is 6. The Labute approximate surface area is 118 Å². The molecule has 20 heavy (non-hydrogen) atoms. The Balaban J connectivity index is 1.83. The lowest BCUT2D eigenvalue weighted by Gasteiger charge is -2.25. The van der Waals surface area contributed by atoms with E-state index in [0.29, 0.717) is 18.8 Å². The lowest BCUT2D eigenvalue weighted by atomic mass is 10.2. The van der Waals surface area contributed by atoms with E-state index in [1.165, 1.54) is 0 Å². The van der Waals surface area contributed by atoms with Gasteiger partial charge in [-0.25, -0.2) is 0 Å². The molecule has 0 radical (unpaired) electrons. The summed E-state index contributed by atoms with van der Waals surface area (Å²) >= 11 is 0. The van der Waals surface area contributed by atoms with Crippen molar-refractivity contribution in [3.8, 4) is 0 Å². The number of rotatable bonds is 6. The summed E-state index contributed by atoms with van der Waals surface area (Å²) in [5, 5.41) is 0. The molecule has 1 saturated heterocycles. The van der Waals surface area contributed by atoms with E-state index in [1.54, 1.807) is 6.92 Å². The van der Waals surface area contributed by atoms with Crippen LogP contribution in [0.3, 0.4) is 0 Å². The molecule has 1 aliphatic heterocycles. The molecule has 2 rings (SSSR count). The van der Waals surface area contributed by atoms with Crippen molar-refractivity contribution in [2.45, 2.75) is 25.9 Å². The summed E-state index contributed by atoms with van der Waals surface area (Å²) in [4.78, 5) is 13.7. The van der Waals surface area contributed by atoms with Crippen LogP contribution in [0.15, 0.2) is 16.5 Å². The third-order valence-electron chi connectivity index (χ3n) is 3.21. The van der Waals surface area contributed by atoms with Gasteiger partial charge in [0.05, 0.1) is 26.4 Å². The molecule has 6 heteroatoms. The van der Waals surface area contributed by atoms with Crippen molar-refractivity contribution >= 4 is 5.97 Å². The van der Waals surface area contributed by atoms with Gasteiger partial charge in [0.25, 0.3) is 0 Å². The van der Waals surface area contributed by atoms with Crippen LogP contribution in [-0.4, -0.2) is 49.8 Å². The number of hydrogen-bond donors (Lipinski definition) is 1. The van der Waals surface area contributed by atoms with Crippen LogP contribution in [0.5, 0.6) is 0 Å². The lowest BCUT2D eigenvalue weighted by molar-refractivity contribution is -0.144. The van der Waals surface area contributed by atoms with E-state index in [9.17, 15) is 4.79 Å². The number of esters is 1. The van der Waals surface area contributed by atoms with Crippen molar-refractivity contribution in [1.29, 1.82) is 0 Å². The summed E-state index contributed by atoms with van der Waals surface area (Å²) < 4.78 is 15.9. The van der Waals surface area contributed by atoms with Crippen LogP contribution >= 0.6 is 0 Å². The zero-order valence-corrected chi connectivity index (χ0v) is 11.8. The van der Waals surface area contributed by atoms with Gasteiger partial charge in [-0.2, -0.15) is 0 Å². The van der Waals surface area contributed by atoms with Gasteiger partial charge < -0.3 is 19.6 Å². The summed E-state index contributed by atoms with van der Waals surface area (Å²) in [6, 6.07) is 3.13. The first-order chi connectivity index (χ1) is 9.69. The monoisotopic (exact) mass is 282 g/mol. The molecule has 0 bridgehead atoms. The molecule has 1 aromatic rings. The SMILES string of the molecule is CCOC(=O)C(N)Cc1ccc(CN2CCOCC2)o1. The molecule has 0 aromatic carbocycles. The predicted molar refractivity (Wildman–Crippen MR) is 73.1 cm³/mol. The number of morpholine rings is 1. The van der Waals surface area contributed by atoms with Gasteiger partial charge in [-0.1, -0.05) is 0 Å². The fourth-order valence-electron chi connectivity index (χ4n) is 2.15. The Hall–Kier alpha value is -1.37. The molecule has 2 heterocycles. The minimum absolute atomic E-state index is 0.340. The third-order valence-corrected chi connectivity index (χ3v) is 3.21. The zero-order chi connectivity index (χ0) is 14.4. The van der Waals surface area contributed by atoms with Crippen LogP contribution in [0.25, 0.3) is 0 Å². The van der Waals surface area contributed by atoms with E-state index < -0.39 is 12.0 Å². The molecule has 6 nitrogen and oxygen atoms in total. The van der Waals surface area contributed by atoms with E-state index >= 15 is 0 Å². The van der Waals surface area contributed by atoms with Crippen LogP contribution in [0.2, 0.25) is 0 Å². The van der Waals surface area contributed by atoms with Crippen LogP contribution in [0.1, 0.15) is 18.4 Å². The Morgan fingerprint density at radius 1 is 1.40 bits per heavy atom. The fourth-order valence-corrected chi connectivity index (χ4v) is 2.15. The molecular formula is C14H22N2O4. The molecule has 0 aliphatic carbocycles. The fraction of sp³-hybridized carbons (Fsp3) is 0.643. The number of furan rings is 1. The average molecular weight is 282 g/mol. The second-order valence-corrected chi connectivity index (χ2v) is 4.82. The van der Waals surface area contributed by atoms with Gasteiger partial charge in [-0.3, -0.25) is 9.69 Å². The van der Waals surface area contributed by atoms with Crippen molar-refractivity contribution < 1.29 is 18.7 Å². The first kappa shape index (κ1) is 15.0. The molecule has 112 valence electrons. The van der Waals surface area contributed by atoms with Crippen LogP contribution in [0, 0.1) is 0 Å². The molecule has 0 amide bonds. The van der Waals surface area contributed by atoms with Crippen LogP contribution in [-0.2, 0) is 27.2 Å². The molecule has 1 aliphatic rings. The van der Waals surface area contributed by atoms with Gasteiger partial charge in [-0.05, 0) is 19.1 Å². The molecule has 1 fully saturated rings. The van der Waals surface area contributed by atoms with Crippen molar-refractivity contribution in [3.05, 3.63) is 23.7 Å². The first-order valence-corrected chi connectivity index (χ1v) is 6.99. The Bertz CT molecular complexity index is 427. The second kappa shape index (κ2) is 7.42. The normalized spacial score (nSPS) is 17.9. The highest BCUT2D eigenvalue weighted by Gasteiger charge is 2.18. The number of carbonyl (C=O) groups is 1. The quantitative estimate of drug-likeness (QED) is 0.768. The lowest BCUT2D eigenvalue weighted by Crippen LogP contribution is -2.35.